The highest BCUT2D eigenvalue weighted by atomic mass is 16.6. The molecule has 8 heteroatoms. The monoisotopic (exact) mass is 304 g/mol. The maximum atomic E-state index is 11.8. The van der Waals surface area contributed by atoms with E-state index < -0.39 is 11.9 Å². The van der Waals surface area contributed by atoms with Crippen molar-refractivity contribution in [3.8, 4) is 0 Å². The quantitative estimate of drug-likeness (QED) is 0.359. The minimum atomic E-state index is -0.738. The largest absolute Gasteiger partial charge is 0.462 e. The number of H-pyrrole nitrogens is 1. The van der Waals surface area contributed by atoms with Crippen molar-refractivity contribution in [2.45, 2.75) is 13.8 Å². The molecular formula is C14H16N4O4. The molecule has 22 heavy (non-hydrogen) atoms. The second-order valence-electron chi connectivity index (χ2n) is 4.19. The predicted molar refractivity (Wildman–Crippen MR) is 78.9 cm³/mol. The third kappa shape index (κ3) is 3.60. The van der Waals surface area contributed by atoms with Crippen molar-refractivity contribution in [2.24, 2.45) is 0 Å². The molecule has 0 aliphatic rings. The lowest BCUT2D eigenvalue weighted by molar-refractivity contribution is -0.146. The van der Waals surface area contributed by atoms with Gasteiger partial charge >= 0.3 is 11.9 Å². The maximum Gasteiger partial charge on any atom is 0.347 e. The number of carbonyl (C=O) groups excluding carboxylic acids is 2. The van der Waals surface area contributed by atoms with E-state index in [1.165, 1.54) is 6.20 Å². The minimum absolute atomic E-state index is 0.168. The van der Waals surface area contributed by atoms with Crippen LogP contribution in [0.25, 0.3) is 11.0 Å². The molecule has 116 valence electrons. The smallest absolute Gasteiger partial charge is 0.347 e. The van der Waals surface area contributed by atoms with Gasteiger partial charge in [0.05, 0.1) is 18.7 Å². The normalized spacial score (nSPS) is 10.1. The van der Waals surface area contributed by atoms with Crippen molar-refractivity contribution in [1.29, 1.82) is 0 Å². The Morgan fingerprint density at radius 1 is 1.23 bits per heavy atom. The van der Waals surface area contributed by atoms with Crippen molar-refractivity contribution in [3.05, 3.63) is 30.0 Å². The third-order valence-corrected chi connectivity index (χ3v) is 2.70. The Balaban J connectivity index is 2.20. The van der Waals surface area contributed by atoms with E-state index in [0.29, 0.717) is 11.2 Å². The molecule has 0 unspecified atom stereocenters. The van der Waals surface area contributed by atoms with E-state index in [0.717, 1.165) is 5.52 Å². The van der Waals surface area contributed by atoms with Gasteiger partial charge in [-0.2, -0.15) is 0 Å². The number of benzene rings is 1. The average Bonchev–Trinajstić information content (AvgIpc) is 2.95. The van der Waals surface area contributed by atoms with Gasteiger partial charge in [0.25, 0.3) is 0 Å². The van der Waals surface area contributed by atoms with Crippen molar-refractivity contribution >= 4 is 28.7 Å². The number of hydrogen-bond acceptors (Lipinski definition) is 7. The number of hydrogen-bond donors (Lipinski definition) is 2. The first-order valence-corrected chi connectivity index (χ1v) is 6.77. The lowest BCUT2D eigenvalue weighted by Gasteiger charge is -2.07. The predicted octanol–water partition coefficient (Wildman–Crippen LogP) is 1.38. The number of aromatic amines is 1. The van der Waals surface area contributed by atoms with Crippen LogP contribution in [0, 0.1) is 0 Å². The molecule has 1 aromatic carbocycles. The summed E-state index contributed by atoms with van der Waals surface area (Å²) in [6.45, 7) is 3.66. The van der Waals surface area contributed by atoms with Crippen LogP contribution >= 0.6 is 0 Å². The fourth-order valence-electron chi connectivity index (χ4n) is 1.71. The van der Waals surface area contributed by atoms with Gasteiger partial charge < -0.3 is 14.8 Å². The SMILES string of the molecule is CCOC(=O)C(=CNc1ccc2nn[nH]c2c1)C(=O)OCC. The van der Waals surface area contributed by atoms with Crippen LogP contribution in [0.4, 0.5) is 5.69 Å². The van der Waals surface area contributed by atoms with Crippen LogP contribution in [-0.4, -0.2) is 40.6 Å². The zero-order valence-corrected chi connectivity index (χ0v) is 12.3. The van der Waals surface area contributed by atoms with Gasteiger partial charge in [0.2, 0.25) is 0 Å². The molecule has 0 aliphatic heterocycles. The molecule has 0 amide bonds. The lowest BCUT2D eigenvalue weighted by atomic mass is 10.2. The Kier molecular flexibility index (Phi) is 5.07. The highest BCUT2D eigenvalue weighted by Crippen LogP contribution is 2.15. The molecule has 0 radical (unpaired) electrons. The fraction of sp³-hybridized carbons (Fsp3) is 0.286. The molecule has 0 atom stereocenters. The van der Waals surface area contributed by atoms with E-state index in [1.807, 2.05) is 0 Å². The molecule has 1 heterocycles. The number of anilines is 1. The van der Waals surface area contributed by atoms with Crippen LogP contribution in [0.2, 0.25) is 0 Å². The van der Waals surface area contributed by atoms with Crippen LogP contribution in [-0.2, 0) is 19.1 Å². The summed E-state index contributed by atoms with van der Waals surface area (Å²) in [5.41, 5.74) is 1.90. The van der Waals surface area contributed by atoms with Crippen LogP contribution in [0.5, 0.6) is 0 Å². The van der Waals surface area contributed by atoms with E-state index in [9.17, 15) is 9.59 Å². The molecule has 0 fully saturated rings. The number of ether oxygens (including phenoxy) is 2. The molecule has 2 aromatic rings. The van der Waals surface area contributed by atoms with Gasteiger partial charge in [0.15, 0.2) is 5.57 Å². The van der Waals surface area contributed by atoms with Gasteiger partial charge in [-0.05, 0) is 32.0 Å². The number of fused-ring (bicyclic) bond motifs is 1. The summed E-state index contributed by atoms with van der Waals surface area (Å²) in [6, 6.07) is 5.25. The minimum Gasteiger partial charge on any atom is -0.462 e. The van der Waals surface area contributed by atoms with Gasteiger partial charge in [0, 0.05) is 11.9 Å². The zero-order chi connectivity index (χ0) is 15.9. The highest BCUT2D eigenvalue weighted by molar-refractivity contribution is 6.14. The van der Waals surface area contributed by atoms with Crippen LogP contribution in [0.3, 0.4) is 0 Å². The number of aromatic nitrogens is 3. The summed E-state index contributed by atoms with van der Waals surface area (Å²) in [5.74, 6) is -1.48. The zero-order valence-electron chi connectivity index (χ0n) is 12.3. The molecule has 2 N–H and O–H groups in total. The van der Waals surface area contributed by atoms with Gasteiger partial charge in [-0.3, -0.25) is 5.10 Å². The Hall–Kier alpha value is -2.90. The second-order valence-corrected chi connectivity index (χ2v) is 4.19. The molecule has 0 aliphatic carbocycles. The summed E-state index contributed by atoms with van der Waals surface area (Å²) in [7, 11) is 0. The second kappa shape index (κ2) is 7.21. The fourth-order valence-corrected chi connectivity index (χ4v) is 1.71. The molecule has 0 saturated carbocycles. The third-order valence-electron chi connectivity index (χ3n) is 2.70. The van der Waals surface area contributed by atoms with Gasteiger partial charge in [-0.1, -0.05) is 5.21 Å². The van der Waals surface area contributed by atoms with Gasteiger partial charge in [0.1, 0.15) is 5.52 Å². The number of nitrogens with zero attached hydrogens (tertiary/aromatic N) is 2. The molecule has 1 aromatic heterocycles. The summed E-state index contributed by atoms with van der Waals surface area (Å²) < 4.78 is 9.69. The van der Waals surface area contributed by atoms with Crippen molar-refractivity contribution in [3.63, 3.8) is 0 Å². The molecular weight excluding hydrogens is 288 g/mol. The van der Waals surface area contributed by atoms with Gasteiger partial charge in [-0.25, -0.2) is 9.59 Å². The molecule has 8 nitrogen and oxygen atoms in total. The Morgan fingerprint density at radius 3 is 2.55 bits per heavy atom. The summed E-state index contributed by atoms with van der Waals surface area (Å²) in [5, 5.41) is 13.1. The van der Waals surface area contributed by atoms with Crippen molar-refractivity contribution < 1.29 is 19.1 Å². The first-order valence-electron chi connectivity index (χ1n) is 6.77. The highest BCUT2D eigenvalue weighted by Gasteiger charge is 2.20. The van der Waals surface area contributed by atoms with E-state index in [4.69, 9.17) is 9.47 Å². The first kappa shape index (κ1) is 15.5. The van der Waals surface area contributed by atoms with Crippen molar-refractivity contribution in [1.82, 2.24) is 15.4 Å². The Bertz CT molecular complexity index is 688. The summed E-state index contributed by atoms with van der Waals surface area (Å²) in [4.78, 5) is 23.6. The van der Waals surface area contributed by atoms with Crippen LogP contribution in [0.15, 0.2) is 30.0 Å². The van der Waals surface area contributed by atoms with E-state index in [1.54, 1.807) is 32.0 Å². The van der Waals surface area contributed by atoms with E-state index >= 15 is 0 Å². The molecule has 0 bridgehead atoms. The van der Waals surface area contributed by atoms with Crippen LogP contribution < -0.4 is 5.32 Å². The molecule has 2 rings (SSSR count). The van der Waals surface area contributed by atoms with Crippen LogP contribution in [0.1, 0.15) is 13.8 Å². The van der Waals surface area contributed by atoms with Crippen molar-refractivity contribution in [2.75, 3.05) is 18.5 Å². The molecule has 0 saturated heterocycles. The first-order chi connectivity index (χ1) is 10.7. The Morgan fingerprint density at radius 2 is 1.91 bits per heavy atom. The topological polar surface area (TPSA) is 106 Å². The lowest BCUT2D eigenvalue weighted by Crippen LogP contribution is -2.19. The summed E-state index contributed by atoms with van der Waals surface area (Å²) in [6.07, 6.45) is 1.26. The number of rotatable bonds is 6. The maximum absolute atomic E-state index is 11.8. The number of carbonyl (C=O) groups is 2. The average molecular weight is 304 g/mol. The van der Waals surface area contributed by atoms with E-state index in [-0.39, 0.29) is 18.8 Å². The Labute approximate surface area is 126 Å². The number of esters is 2. The summed E-state index contributed by atoms with van der Waals surface area (Å²) >= 11 is 0. The standard InChI is InChI=1S/C14H16N4O4/c1-3-21-13(19)10(14(20)22-4-2)8-15-9-5-6-11-12(7-9)17-18-16-11/h5-8,15H,3-4H2,1-2H3,(H,16,17,18). The molecule has 0 spiro atoms. The number of nitrogens with one attached hydrogen (secondary N) is 2. The van der Waals surface area contributed by atoms with Gasteiger partial charge in [-0.15, -0.1) is 5.10 Å². The van der Waals surface area contributed by atoms with E-state index in [2.05, 4.69) is 20.7 Å².